The minimum atomic E-state index is -0.448. The fourth-order valence-corrected chi connectivity index (χ4v) is 3.47. The van der Waals surface area contributed by atoms with Crippen LogP contribution in [0.2, 0.25) is 0 Å². The van der Waals surface area contributed by atoms with Crippen LogP contribution in [-0.4, -0.2) is 42.0 Å². The monoisotopic (exact) mass is 312 g/mol. The van der Waals surface area contributed by atoms with Gasteiger partial charge in [0.1, 0.15) is 5.60 Å². The van der Waals surface area contributed by atoms with Crippen LogP contribution in [0.15, 0.2) is 0 Å². The van der Waals surface area contributed by atoms with E-state index in [1.165, 1.54) is 0 Å². The molecule has 0 unspecified atom stereocenters. The van der Waals surface area contributed by atoms with E-state index >= 15 is 0 Å². The van der Waals surface area contributed by atoms with E-state index in [1.54, 1.807) is 0 Å². The molecule has 1 heterocycles. The molecule has 3 atom stereocenters. The maximum atomic E-state index is 12.0. The molecule has 22 heavy (non-hydrogen) atoms. The van der Waals surface area contributed by atoms with E-state index in [0.29, 0.717) is 12.1 Å². The molecule has 5 nitrogen and oxygen atoms in total. The molecular formula is C17H32N2O3. The van der Waals surface area contributed by atoms with E-state index in [9.17, 15) is 4.79 Å². The van der Waals surface area contributed by atoms with E-state index in [2.05, 4.69) is 24.5 Å². The quantitative estimate of drug-likeness (QED) is 0.841. The molecule has 1 aliphatic heterocycles. The topological polar surface area (TPSA) is 59.6 Å². The summed E-state index contributed by atoms with van der Waals surface area (Å²) in [5.74, 6) is 0. The van der Waals surface area contributed by atoms with Gasteiger partial charge in [0.05, 0.1) is 5.60 Å². The van der Waals surface area contributed by atoms with Crippen LogP contribution in [0.1, 0.15) is 66.7 Å². The highest BCUT2D eigenvalue weighted by atomic mass is 16.6. The van der Waals surface area contributed by atoms with E-state index < -0.39 is 5.60 Å². The largest absolute Gasteiger partial charge is 0.444 e. The van der Waals surface area contributed by atoms with Crippen molar-refractivity contribution in [2.24, 2.45) is 0 Å². The van der Waals surface area contributed by atoms with Gasteiger partial charge in [-0.15, -0.1) is 0 Å². The zero-order valence-electron chi connectivity index (χ0n) is 14.7. The fourth-order valence-electron chi connectivity index (χ4n) is 3.47. The van der Waals surface area contributed by atoms with Gasteiger partial charge in [-0.1, -0.05) is 0 Å². The molecule has 0 aromatic carbocycles. The van der Waals surface area contributed by atoms with Crippen LogP contribution in [0.4, 0.5) is 4.79 Å². The second kappa shape index (κ2) is 6.75. The lowest BCUT2D eigenvalue weighted by molar-refractivity contribution is -0.0644. The first-order valence-electron chi connectivity index (χ1n) is 8.54. The molecule has 0 bridgehead atoms. The lowest BCUT2D eigenvalue weighted by atomic mass is 9.93. The summed E-state index contributed by atoms with van der Waals surface area (Å²) < 4.78 is 11.1. The van der Waals surface area contributed by atoms with Crippen molar-refractivity contribution >= 4 is 6.09 Å². The van der Waals surface area contributed by atoms with Crippen molar-refractivity contribution in [1.82, 2.24) is 10.6 Å². The number of alkyl carbamates (subject to hydrolysis) is 1. The van der Waals surface area contributed by atoms with Gasteiger partial charge in [0.2, 0.25) is 0 Å². The van der Waals surface area contributed by atoms with Crippen LogP contribution < -0.4 is 10.6 Å². The van der Waals surface area contributed by atoms with Gasteiger partial charge >= 0.3 is 6.09 Å². The Morgan fingerprint density at radius 3 is 2.50 bits per heavy atom. The first-order chi connectivity index (χ1) is 10.1. The Labute approximate surface area is 134 Å². The standard InChI is InChI=1S/C17H32N2O3/c1-16(2,3)22-15(20)19-14-8-6-7-13(14)18-12-9-10-21-17(4,5)11-12/h12-14,18H,6-11H2,1-5H3,(H,19,20)/t12-,13-,14-/m1/s1. The SMILES string of the molecule is CC(C)(C)OC(=O)N[C@@H]1CCC[C@H]1N[C@@H]1CCOC(C)(C)C1. The van der Waals surface area contributed by atoms with E-state index in [0.717, 1.165) is 38.7 Å². The number of rotatable bonds is 3. The molecule has 1 saturated carbocycles. The lowest BCUT2D eigenvalue weighted by Gasteiger charge is -2.38. The Balaban J connectivity index is 1.84. The first-order valence-corrected chi connectivity index (χ1v) is 8.54. The Morgan fingerprint density at radius 1 is 1.18 bits per heavy atom. The molecule has 0 aromatic heterocycles. The van der Waals surface area contributed by atoms with Crippen LogP contribution in [0, 0.1) is 0 Å². The van der Waals surface area contributed by atoms with Crippen molar-refractivity contribution in [3.8, 4) is 0 Å². The minimum absolute atomic E-state index is 0.0530. The number of hydrogen-bond acceptors (Lipinski definition) is 4. The van der Waals surface area contributed by atoms with Crippen LogP contribution >= 0.6 is 0 Å². The van der Waals surface area contributed by atoms with Gasteiger partial charge in [-0.05, 0) is 66.7 Å². The van der Waals surface area contributed by atoms with Crippen molar-refractivity contribution < 1.29 is 14.3 Å². The summed E-state index contributed by atoms with van der Waals surface area (Å²) in [6.45, 7) is 10.8. The van der Waals surface area contributed by atoms with Gasteiger partial charge in [-0.2, -0.15) is 0 Å². The average molecular weight is 312 g/mol. The third kappa shape index (κ3) is 5.43. The summed E-state index contributed by atoms with van der Waals surface area (Å²) >= 11 is 0. The third-order valence-corrected chi connectivity index (χ3v) is 4.36. The van der Waals surface area contributed by atoms with Crippen LogP contribution in [0.3, 0.4) is 0 Å². The highest BCUT2D eigenvalue weighted by Crippen LogP contribution is 2.27. The summed E-state index contributed by atoms with van der Waals surface area (Å²) in [4.78, 5) is 12.0. The molecule has 0 aromatic rings. The maximum absolute atomic E-state index is 12.0. The molecule has 1 amide bonds. The zero-order valence-corrected chi connectivity index (χ0v) is 14.7. The van der Waals surface area contributed by atoms with Gasteiger partial charge in [-0.25, -0.2) is 4.79 Å². The number of amides is 1. The molecule has 128 valence electrons. The highest BCUT2D eigenvalue weighted by molar-refractivity contribution is 5.68. The van der Waals surface area contributed by atoms with Crippen molar-refractivity contribution in [2.75, 3.05) is 6.61 Å². The number of carbonyl (C=O) groups is 1. The molecule has 2 aliphatic rings. The van der Waals surface area contributed by atoms with Crippen LogP contribution in [0.25, 0.3) is 0 Å². The molecule has 1 aliphatic carbocycles. The molecule has 0 radical (unpaired) electrons. The Kier molecular flexibility index (Phi) is 5.38. The summed E-state index contributed by atoms with van der Waals surface area (Å²) in [5.41, 5.74) is -0.501. The lowest BCUT2D eigenvalue weighted by Crippen LogP contribution is -2.53. The summed E-state index contributed by atoms with van der Waals surface area (Å²) in [7, 11) is 0. The molecule has 1 saturated heterocycles. The molecule has 2 N–H and O–H groups in total. The Bertz CT molecular complexity index is 390. The van der Waals surface area contributed by atoms with E-state index in [4.69, 9.17) is 9.47 Å². The second-order valence-corrected chi connectivity index (χ2v) is 8.25. The Morgan fingerprint density at radius 2 is 1.86 bits per heavy atom. The van der Waals surface area contributed by atoms with Crippen molar-refractivity contribution in [2.45, 2.75) is 96.1 Å². The van der Waals surface area contributed by atoms with Gasteiger partial charge in [-0.3, -0.25) is 0 Å². The van der Waals surface area contributed by atoms with Gasteiger partial charge < -0.3 is 20.1 Å². The van der Waals surface area contributed by atoms with Crippen LogP contribution in [-0.2, 0) is 9.47 Å². The van der Waals surface area contributed by atoms with Gasteiger partial charge in [0.25, 0.3) is 0 Å². The van der Waals surface area contributed by atoms with Gasteiger partial charge in [0.15, 0.2) is 0 Å². The molecule has 0 spiro atoms. The number of ether oxygens (including phenoxy) is 2. The number of hydrogen-bond donors (Lipinski definition) is 2. The molecular weight excluding hydrogens is 280 g/mol. The minimum Gasteiger partial charge on any atom is -0.444 e. The maximum Gasteiger partial charge on any atom is 0.407 e. The summed E-state index contributed by atoms with van der Waals surface area (Å²) in [5, 5.41) is 6.78. The van der Waals surface area contributed by atoms with Crippen molar-refractivity contribution in [1.29, 1.82) is 0 Å². The van der Waals surface area contributed by atoms with E-state index in [-0.39, 0.29) is 17.7 Å². The molecule has 5 heteroatoms. The van der Waals surface area contributed by atoms with Crippen molar-refractivity contribution in [3.05, 3.63) is 0 Å². The molecule has 2 fully saturated rings. The summed E-state index contributed by atoms with van der Waals surface area (Å²) in [6.07, 6.45) is 5.02. The predicted molar refractivity (Wildman–Crippen MR) is 87.0 cm³/mol. The third-order valence-electron chi connectivity index (χ3n) is 4.36. The predicted octanol–water partition coefficient (Wildman–Crippen LogP) is 2.98. The van der Waals surface area contributed by atoms with Crippen molar-refractivity contribution in [3.63, 3.8) is 0 Å². The fraction of sp³-hybridized carbons (Fsp3) is 0.941. The van der Waals surface area contributed by atoms with Crippen LogP contribution in [0.5, 0.6) is 0 Å². The van der Waals surface area contributed by atoms with E-state index in [1.807, 2.05) is 20.8 Å². The first kappa shape index (κ1) is 17.5. The average Bonchev–Trinajstić information content (AvgIpc) is 2.72. The Hall–Kier alpha value is -0.810. The second-order valence-electron chi connectivity index (χ2n) is 8.25. The van der Waals surface area contributed by atoms with Gasteiger partial charge in [0, 0.05) is 24.7 Å². The molecule has 2 rings (SSSR count). The zero-order chi connectivity index (χ0) is 16.4. The summed E-state index contributed by atoms with van der Waals surface area (Å²) in [6, 6.07) is 0.974. The smallest absolute Gasteiger partial charge is 0.407 e. The highest BCUT2D eigenvalue weighted by Gasteiger charge is 2.35. The number of nitrogens with one attached hydrogen (secondary N) is 2. The number of carbonyl (C=O) groups excluding carboxylic acids is 1. The normalized spacial score (nSPS) is 31.8.